The van der Waals surface area contributed by atoms with E-state index >= 15 is 0 Å². The first-order valence-electron chi connectivity index (χ1n) is 8.36. The van der Waals surface area contributed by atoms with Gasteiger partial charge in [0.2, 0.25) is 0 Å². The van der Waals surface area contributed by atoms with E-state index in [9.17, 15) is 9.59 Å². The van der Waals surface area contributed by atoms with Crippen molar-refractivity contribution < 1.29 is 19.4 Å². The van der Waals surface area contributed by atoms with E-state index in [0.29, 0.717) is 13.2 Å². The summed E-state index contributed by atoms with van der Waals surface area (Å²) in [6.07, 6.45) is 5.95. The van der Waals surface area contributed by atoms with Crippen molar-refractivity contribution in [3.8, 4) is 0 Å². The quantitative estimate of drug-likeness (QED) is 0.897. The molecule has 1 saturated heterocycles. The van der Waals surface area contributed by atoms with Gasteiger partial charge in [0.05, 0.1) is 12.0 Å². The van der Waals surface area contributed by atoms with Crippen LogP contribution < -0.4 is 0 Å². The number of carboxylic acids is 1. The lowest BCUT2D eigenvalue weighted by Crippen LogP contribution is -2.44. The highest BCUT2D eigenvalue weighted by atomic mass is 32.1. The van der Waals surface area contributed by atoms with Crippen molar-refractivity contribution in [1.29, 1.82) is 0 Å². The molecule has 1 aliphatic heterocycles. The molecule has 1 aromatic heterocycles. The predicted octanol–water partition coefficient (Wildman–Crippen LogP) is 2.72. The average molecular weight is 337 g/mol. The Balaban J connectivity index is 1.81. The Kier molecular flexibility index (Phi) is 5.33. The van der Waals surface area contributed by atoms with Gasteiger partial charge in [-0.3, -0.25) is 9.59 Å². The molecular weight excluding hydrogens is 314 g/mol. The molecule has 1 aliphatic carbocycles. The van der Waals surface area contributed by atoms with Crippen LogP contribution in [-0.4, -0.2) is 47.7 Å². The van der Waals surface area contributed by atoms with Gasteiger partial charge in [0.25, 0.3) is 5.91 Å². The second kappa shape index (κ2) is 7.45. The Morgan fingerprint density at radius 2 is 2.00 bits per heavy atom. The van der Waals surface area contributed by atoms with Gasteiger partial charge in [-0.1, -0.05) is 0 Å². The Morgan fingerprint density at radius 1 is 1.26 bits per heavy atom. The lowest BCUT2D eigenvalue weighted by Gasteiger charge is -2.34. The van der Waals surface area contributed by atoms with Crippen molar-refractivity contribution >= 4 is 23.2 Å². The van der Waals surface area contributed by atoms with Crippen LogP contribution in [0.3, 0.4) is 0 Å². The SMILES string of the molecule is O=C(O)CCN(C(=O)c1csc2c1CCCC2)C1CCOCC1. The fourth-order valence-electron chi connectivity index (χ4n) is 3.49. The minimum atomic E-state index is -0.859. The van der Waals surface area contributed by atoms with E-state index in [0.717, 1.165) is 37.7 Å². The van der Waals surface area contributed by atoms with Crippen molar-refractivity contribution in [1.82, 2.24) is 4.90 Å². The number of hydrogen-bond acceptors (Lipinski definition) is 4. The van der Waals surface area contributed by atoms with Crippen LogP contribution in [0.2, 0.25) is 0 Å². The van der Waals surface area contributed by atoms with Crippen molar-refractivity contribution in [2.75, 3.05) is 19.8 Å². The molecule has 3 rings (SSSR count). The molecule has 126 valence electrons. The first-order chi connectivity index (χ1) is 11.2. The highest BCUT2D eigenvalue weighted by Crippen LogP contribution is 2.32. The topological polar surface area (TPSA) is 66.8 Å². The summed E-state index contributed by atoms with van der Waals surface area (Å²) < 4.78 is 5.38. The molecule has 2 heterocycles. The van der Waals surface area contributed by atoms with Gasteiger partial charge in [-0.05, 0) is 44.1 Å². The smallest absolute Gasteiger partial charge is 0.305 e. The molecule has 0 atom stereocenters. The number of thiophene rings is 1. The Bertz CT molecular complexity index is 577. The Hall–Kier alpha value is -1.40. The molecule has 1 amide bonds. The fraction of sp³-hybridized carbons (Fsp3) is 0.647. The van der Waals surface area contributed by atoms with Crippen LogP contribution in [0.5, 0.6) is 0 Å². The minimum absolute atomic E-state index is 0.00454. The lowest BCUT2D eigenvalue weighted by molar-refractivity contribution is -0.137. The maximum Gasteiger partial charge on any atom is 0.305 e. The van der Waals surface area contributed by atoms with Crippen LogP contribution in [-0.2, 0) is 22.4 Å². The normalized spacial score (nSPS) is 18.4. The third kappa shape index (κ3) is 3.75. The number of ether oxygens (including phenoxy) is 1. The summed E-state index contributed by atoms with van der Waals surface area (Å²) in [7, 11) is 0. The molecule has 2 aliphatic rings. The van der Waals surface area contributed by atoms with Crippen molar-refractivity contribution in [3.63, 3.8) is 0 Å². The number of aryl methyl sites for hydroxylation is 1. The van der Waals surface area contributed by atoms with Crippen LogP contribution in [0.25, 0.3) is 0 Å². The van der Waals surface area contributed by atoms with Gasteiger partial charge in [-0.15, -0.1) is 11.3 Å². The van der Waals surface area contributed by atoms with Crippen molar-refractivity contribution in [2.45, 2.75) is 51.0 Å². The summed E-state index contributed by atoms with van der Waals surface area (Å²) in [5.41, 5.74) is 2.01. The summed E-state index contributed by atoms with van der Waals surface area (Å²) in [6.45, 7) is 1.57. The fourth-order valence-corrected chi connectivity index (χ4v) is 4.61. The van der Waals surface area contributed by atoms with Crippen LogP contribution in [0.1, 0.15) is 52.9 Å². The van der Waals surface area contributed by atoms with Gasteiger partial charge in [-0.2, -0.15) is 0 Å². The molecule has 1 N–H and O–H groups in total. The van der Waals surface area contributed by atoms with E-state index in [1.807, 2.05) is 5.38 Å². The first-order valence-corrected chi connectivity index (χ1v) is 9.24. The van der Waals surface area contributed by atoms with Crippen LogP contribution in [0.15, 0.2) is 5.38 Å². The van der Waals surface area contributed by atoms with E-state index < -0.39 is 5.97 Å². The summed E-state index contributed by atoms with van der Waals surface area (Å²) in [5, 5.41) is 11.0. The standard InChI is InChI=1S/C17H23NO4S/c19-16(20)5-8-18(12-6-9-22-10-7-12)17(21)14-11-23-15-4-2-1-3-13(14)15/h11-12H,1-10H2,(H,19,20). The Morgan fingerprint density at radius 3 is 2.74 bits per heavy atom. The predicted molar refractivity (Wildman–Crippen MR) is 88.1 cm³/mol. The van der Waals surface area contributed by atoms with Crippen molar-refractivity contribution in [3.05, 3.63) is 21.4 Å². The van der Waals surface area contributed by atoms with Gasteiger partial charge in [0.1, 0.15) is 0 Å². The number of carbonyl (C=O) groups is 2. The number of hydrogen-bond donors (Lipinski definition) is 1. The molecule has 6 heteroatoms. The zero-order chi connectivity index (χ0) is 16.2. The van der Waals surface area contributed by atoms with Crippen LogP contribution in [0.4, 0.5) is 0 Å². The van der Waals surface area contributed by atoms with Gasteiger partial charge < -0.3 is 14.7 Å². The minimum Gasteiger partial charge on any atom is -0.481 e. The maximum absolute atomic E-state index is 13.1. The molecule has 1 aromatic rings. The van der Waals surface area contributed by atoms with Gasteiger partial charge in [-0.25, -0.2) is 0 Å². The number of carbonyl (C=O) groups excluding carboxylic acids is 1. The van der Waals surface area contributed by atoms with Gasteiger partial charge in [0, 0.05) is 36.1 Å². The van der Waals surface area contributed by atoms with Gasteiger partial charge >= 0.3 is 5.97 Å². The molecule has 0 radical (unpaired) electrons. The number of nitrogens with zero attached hydrogens (tertiary/aromatic N) is 1. The molecule has 0 aromatic carbocycles. The number of carboxylic acid groups (broad SMARTS) is 1. The second-order valence-electron chi connectivity index (χ2n) is 6.24. The van der Waals surface area contributed by atoms with E-state index in [-0.39, 0.29) is 24.9 Å². The number of amides is 1. The summed E-state index contributed by atoms with van der Waals surface area (Å²) >= 11 is 1.68. The van der Waals surface area contributed by atoms with Crippen LogP contribution >= 0.6 is 11.3 Å². The maximum atomic E-state index is 13.1. The van der Waals surface area contributed by atoms with Gasteiger partial charge in [0.15, 0.2) is 0 Å². The number of fused-ring (bicyclic) bond motifs is 1. The largest absolute Gasteiger partial charge is 0.481 e. The van der Waals surface area contributed by atoms with E-state index in [4.69, 9.17) is 9.84 Å². The van der Waals surface area contributed by atoms with Crippen molar-refractivity contribution in [2.24, 2.45) is 0 Å². The monoisotopic (exact) mass is 337 g/mol. The highest BCUT2D eigenvalue weighted by Gasteiger charge is 2.30. The first kappa shape index (κ1) is 16.5. The highest BCUT2D eigenvalue weighted by molar-refractivity contribution is 7.10. The van der Waals surface area contributed by atoms with E-state index in [1.54, 1.807) is 16.2 Å². The zero-order valence-corrected chi connectivity index (χ0v) is 14.1. The third-order valence-corrected chi connectivity index (χ3v) is 5.84. The molecule has 0 unspecified atom stereocenters. The Labute approximate surface area is 140 Å². The molecule has 1 fully saturated rings. The molecule has 5 nitrogen and oxygen atoms in total. The summed E-state index contributed by atoms with van der Waals surface area (Å²) in [4.78, 5) is 27.2. The molecular formula is C17H23NO4S. The average Bonchev–Trinajstić information content (AvgIpc) is 2.99. The number of rotatable bonds is 5. The molecule has 23 heavy (non-hydrogen) atoms. The lowest BCUT2D eigenvalue weighted by atomic mass is 9.95. The van der Waals surface area contributed by atoms with E-state index in [2.05, 4.69) is 0 Å². The molecule has 0 saturated carbocycles. The third-order valence-electron chi connectivity index (χ3n) is 4.75. The summed E-state index contributed by atoms with van der Waals surface area (Å²) in [6, 6.07) is 0.0924. The van der Waals surface area contributed by atoms with Crippen LogP contribution in [0, 0.1) is 0 Å². The summed E-state index contributed by atoms with van der Waals surface area (Å²) in [5.74, 6) is -0.847. The van der Waals surface area contributed by atoms with E-state index in [1.165, 1.54) is 16.9 Å². The zero-order valence-electron chi connectivity index (χ0n) is 13.3. The number of aliphatic carboxylic acids is 1. The second-order valence-corrected chi connectivity index (χ2v) is 7.21. The molecule has 0 spiro atoms. The molecule has 0 bridgehead atoms.